The SMILES string of the molecule is Cc1cc(-c2ccccc2)n(C(C)C(=O)O)c1. The summed E-state index contributed by atoms with van der Waals surface area (Å²) in [5.74, 6) is -0.821. The fourth-order valence-electron chi connectivity index (χ4n) is 1.90. The molecule has 88 valence electrons. The first-order valence-electron chi connectivity index (χ1n) is 5.56. The van der Waals surface area contributed by atoms with E-state index < -0.39 is 12.0 Å². The van der Waals surface area contributed by atoms with E-state index in [2.05, 4.69) is 0 Å². The van der Waals surface area contributed by atoms with Crippen LogP contribution in [0.5, 0.6) is 0 Å². The number of rotatable bonds is 3. The van der Waals surface area contributed by atoms with E-state index in [1.54, 1.807) is 11.5 Å². The van der Waals surface area contributed by atoms with Gasteiger partial charge < -0.3 is 9.67 Å². The normalized spacial score (nSPS) is 12.4. The van der Waals surface area contributed by atoms with Crippen molar-refractivity contribution in [3.8, 4) is 11.3 Å². The average molecular weight is 229 g/mol. The van der Waals surface area contributed by atoms with Crippen molar-refractivity contribution in [3.05, 3.63) is 48.2 Å². The van der Waals surface area contributed by atoms with Crippen molar-refractivity contribution in [1.82, 2.24) is 4.57 Å². The van der Waals surface area contributed by atoms with E-state index in [1.807, 2.05) is 49.5 Å². The van der Waals surface area contributed by atoms with E-state index in [-0.39, 0.29) is 0 Å². The van der Waals surface area contributed by atoms with Crippen LogP contribution in [0.25, 0.3) is 11.3 Å². The molecule has 0 spiro atoms. The summed E-state index contributed by atoms with van der Waals surface area (Å²) in [4.78, 5) is 11.1. The second-order valence-corrected chi connectivity index (χ2v) is 4.19. The Bertz CT molecular complexity index is 528. The number of hydrogen-bond donors (Lipinski definition) is 1. The van der Waals surface area contributed by atoms with Crippen molar-refractivity contribution in [1.29, 1.82) is 0 Å². The molecule has 1 unspecified atom stereocenters. The second kappa shape index (κ2) is 4.45. The van der Waals surface area contributed by atoms with Gasteiger partial charge >= 0.3 is 5.97 Å². The number of aryl methyl sites for hydroxylation is 1. The summed E-state index contributed by atoms with van der Waals surface area (Å²) >= 11 is 0. The van der Waals surface area contributed by atoms with Crippen LogP contribution >= 0.6 is 0 Å². The lowest BCUT2D eigenvalue weighted by molar-refractivity contribution is -0.140. The fraction of sp³-hybridized carbons (Fsp3) is 0.214. The number of aromatic nitrogens is 1. The minimum Gasteiger partial charge on any atom is -0.480 e. The summed E-state index contributed by atoms with van der Waals surface area (Å²) in [5.41, 5.74) is 3.05. The maximum atomic E-state index is 11.1. The number of carboxylic acid groups (broad SMARTS) is 1. The molecule has 1 N–H and O–H groups in total. The van der Waals surface area contributed by atoms with E-state index in [1.165, 1.54) is 0 Å². The van der Waals surface area contributed by atoms with Gasteiger partial charge in [-0.15, -0.1) is 0 Å². The van der Waals surface area contributed by atoms with Gasteiger partial charge in [0, 0.05) is 11.9 Å². The molecular weight excluding hydrogens is 214 g/mol. The Labute approximate surface area is 100 Å². The van der Waals surface area contributed by atoms with Crippen molar-refractivity contribution in [3.63, 3.8) is 0 Å². The first kappa shape index (κ1) is 11.5. The molecule has 0 saturated carbocycles. The van der Waals surface area contributed by atoms with Crippen LogP contribution < -0.4 is 0 Å². The number of carbonyl (C=O) groups is 1. The highest BCUT2D eigenvalue weighted by Crippen LogP contribution is 2.25. The first-order chi connectivity index (χ1) is 8.09. The molecule has 0 amide bonds. The molecule has 0 radical (unpaired) electrons. The van der Waals surface area contributed by atoms with Gasteiger partial charge in [-0.2, -0.15) is 0 Å². The zero-order chi connectivity index (χ0) is 12.4. The Kier molecular flexibility index (Phi) is 3.00. The molecule has 2 rings (SSSR count). The van der Waals surface area contributed by atoms with E-state index in [0.29, 0.717) is 0 Å². The molecule has 3 heteroatoms. The summed E-state index contributed by atoms with van der Waals surface area (Å²) in [6.45, 7) is 3.66. The number of nitrogens with zero attached hydrogens (tertiary/aromatic N) is 1. The van der Waals surface area contributed by atoms with Crippen molar-refractivity contribution < 1.29 is 9.90 Å². The van der Waals surface area contributed by atoms with Crippen molar-refractivity contribution in [2.75, 3.05) is 0 Å². The fourth-order valence-corrected chi connectivity index (χ4v) is 1.90. The van der Waals surface area contributed by atoms with Crippen LogP contribution in [0.2, 0.25) is 0 Å². The van der Waals surface area contributed by atoms with Crippen molar-refractivity contribution in [2.24, 2.45) is 0 Å². The molecule has 1 aromatic carbocycles. The first-order valence-corrected chi connectivity index (χ1v) is 5.56. The Morgan fingerprint density at radius 1 is 1.29 bits per heavy atom. The highest BCUT2D eigenvalue weighted by Gasteiger charge is 2.17. The van der Waals surface area contributed by atoms with Crippen LogP contribution in [-0.2, 0) is 4.79 Å². The van der Waals surface area contributed by atoms with Crippen LogP contribution in [0.1, 0.15) is 18.5 Å². The monoisotopic (exact) mass is 229 g/mol. The van der Waals surface area contributed by atoms with Gasteiger partial charge in [0.05, 0.1) is 0 Å². The van der Waals surface area contributed by atoms with Gasteiger partial charge in [-0.05, 0) is 31.0 Å². The summed E-state index contributed by atoms with van der Waals surface area (Å²) in [7, 11) is 0. The smallest absolute Gasteiger partial charge is 0.326 e. The molecule has 1 atom stereocenters. The summed E-state index contributed by atoms with van der Waals surface area (Å²) < 4.78 is 1.80. The zero-order valence-corrected chi connectivity index (χ0v) is 9.92. The minimum atomic E-state index is -0.821. The van der Waals surface area contributed by atoms with E-state index in [9.17, 15) is 4.79 Å². The summed E-state index contributed by atoms with van der Waals surface area (Å²) in [6.07, 6.45) is 1.88. The van der Waals surface area contributed by atoms with Gasteiger partial charge in [-0.3, -0.25) is 0 Å². The molecule has 0 aliphatic rings. The number of hydrogen-bond acceptors (Lipinski definition) is 1. The predicted molar refractivity (Wildman–Crippen MR) is 67.0 cm³/mol. The third-order valence-electron chi connectivity index (χ3n) is 2.83. The summed E-state index contributed by atoms with van der Waals surface area (Å²) in [6, 6.07) is 11.3. The molecule has 1 heterocycles. The van der Waals surface area contributed by atoms with Crippen LogP contribution in [0.4, 0.5) is 0 Å². The highest BCUT2D eigenvalue weighted by atomic mass is 16.4. The van der Waals surface area contributed by atoms with E-state index in [4.69, 9.17) is 5.11 Å². The van der Waals surface area contributed by atoms with Crippen LogP contribution in [-0.4, -0.2) is 15.6 Å². The third-order valence-corrected chi connectivity index (χ3v) is 2.83. The molecule has 0 aliphatic heterocycles. The Balaban J connectivity index is 2.52. The predicted octanol–water partition coefficient (Wildman–Crippen LogP) is 3.11. The molecule has 0 saturated heterocycles. The molecule has 0 fully saturated rings. The lowest BCUT2D eigenvalue weighted by atomic mass is 10.1. The van der Waals surface area contributed by atoms with Gasteiger partial charge in [-0.1, -0.05) is 30.3 Å². The lowest BCUT2D eigenvalue weighted by Crippen LogP contribution is -2.15. The van der Waals surface area contributed by atoms with Crippen LogP contribution in [0.15, 0.2) is 42.6 Å². The van der Waals surface area contributed by atoms with Gasteiger partial charge in [0.2, 0.25) is 0 Å². The van der Waals surface area contributed by atoms with Gasteiger partial charge in [0.1, 0.15) is 6.04 Å². The number of benzene rings is 1. The van der Waals surface area contributed by atoms with Crippen molar-refractivity contribution >= 4 is 5.97 Å². The van der Waals surface area contributed by atoms with E-state index in [0.717, 1.165) is 16.8 Å². The lowest BCUT2D eigenvalue weighted by Gasteiger charge is -2.13. The number of aliphatic carboxylic acids is 1. The van der Waals surface area contributed by atoms with Crippen LogP contribution in [0.3, 0.4) is 0 Å². The molecule has 17 heavy (non-hydrogen) atoms. The van der Waals surface area contributed by atoms with E-state index >= 15 is 0 Å². The second-order valence-electron chi connectivity index (χ2n) is 4.19. The largest absolute Gasteiger partial charge is 0.480 e. The van der Waals surface area contributed by atoms with Gasteiger partial charge in [0.25, 0.3) is 0 Å². The van der Waals surface area contributed by atoms with Gasteiger partial charge in [-0.25, -0.2) is 4.79 Å². The Morgan fingerprint density at radius 3 is 2.53 bits per heavy atom. The molecular formula is C14H15NO2. The summed E-state index contributed by atoms with van der Waals surface area (Å²) in [5, 5.41) is 9.10. The maximum absolute atomic E-state index is 11.1. The van der Waals surface area contributed by atoms with Crippen molar-refractivity contribution in [2.45, 2.75) is 19.9 Å². The minimum absolute atomic E-state index is 0.557. The maximum Gasteiger partial charge on any atom is 0.326 e. The Hall–Kier alpha value is -2.03. The quantitative estimate of drug-likeness (QED) is 0.878. The molecule has 0 aliphatic carbocycles. The molecule has 2 aromatic rings. The molecule has 0 bridgehead atoms. The highest BCUT2D eigenvalue weighted by molar-refractivity contribution is 5.73. The third kappa shape index (κ3) is 2.23. The van der Waals surface area contributed by atoms with Crippen LogP contribution in [0, 0.1) is 6.92 Å². The molecule has 3 nitrogen and oxygen atoms in total. The topological polar surface area (TPSA) is 42.2 Å². The van der Waals surface area contributed by atoms with Gasteiger partial charge in [0.15, 0.2) is 0 Å². The number of carboxylic acids is 1. The Morgan fingerprint density at radius 2 is 1.94 bits per heavy atom. The molecule has 1 aromatic heterocycles. The average Bonchev–Trinajstić information content (AvgIpc) is 2.71. The standard InChI is InChI=1S/C14H15NO2/c1-10-8-13(12-6-4-3-5-7-12)15(9-10)11(2)14(16)17/h3-9,11H,1-2H3,(H,16,17). The zero-order valence-electron chi connectivity index (χ0n) is 9.92.